The molecule has 4 nitrogen and oxygen atoms in total. The van der Waals surface area contributed by atoms with E-state index in [9.17, 15) is 9.59 Å². The van der Waals surface area contributed by atoms with Crippen LogP contribution in [-0.2, 0) is 16.0 Å². The lowest BCUT2D eigenvalue weighted by atomic mass is 9.80. The van der Waals surface area contributed by atoms with E-state index < -0.39 is 17.1 Å². The largest absolute Gasteiger partial charge is 0.443 e. The van der Waals surface area contributed by atoms with E-state index in [0.29, 0.717) is 12.1 Å². The molecule has 1 aliphatic heterocycles. The van der Waals surface area contributed by atoms with Crippen LogP contribution in [-0.4, -0.2) is 17.6 Å². The van der Waals surface area contributed by atoms with Gasteiger partial charge in [-0.05, 0) is 38.8 Å². The van der Waals surface area contributed by atoms with Gasteiger partial charge in [0.1, 0.15) is 5.60 Å². The Bertz CT molecular complexity index is 555. The summed E-state index contributed by atoms with van der Waals surface area (Å²) in [6, 6.07) is 7.47. The number of ether oxygens (including phenoxy) is 1. The van der Waals surface area contributed by atoms with Crippen molar-refractivity contribution in [3.8, 4) is 0 Å². The zero-order chi connectivity index (χ0) is 15.1. The number of amides is 2. The van der Waals surface area contributed by atoms with Gasteiger partial charge in [0.05, 0.1) is 5.69 Å². The molecule has 1 aromatic rings. The normalized spacial score (nSPS) is 17.6. The average Bonchev–Trinajstić information content (AvgIpc) is 2.27. The number of fused-ring (bicyclic) bond motifs is 1. The Morgan fingerprint density at radius 3 is 2.45 bits per heavy atom. The Balaban J connectivity index is 2.45. The Kier molecular flexibility index (Phi) is 3.36. The maximum Gasteiger partial charge on any atom is 0.421 e. The highest BCUT2D eigenvalue weighted by Gasteiger charge is 2.43. The van der Waals surface area contributed by atoms with Crippen LogP contribution in [0.5, 0.6) is 0 Å². The first-order valence-corrected chi connectivity index (χ1v) is 6.77. The minimum Gasteiger partial charge on any atom is -0.443 e. The molecular weight excluding hydrogens is 254 g/mol. The van der Waals surface area contributed by atoms with E-state index in [2.05, 4.69) is 0 Å². The highest BCUT2D eigenvalue weighted by atomic mass is 16.6. The van der Waals surface area contributed by atoms with Crippen molar-refractivity contribution in [1.29, 1.82) is 0 Å². The molecule has 2 rings (SSSR count). The van der Waals surface area contributed by atoms with Gasteiger partial charge in [0.25, 0.3) is 0 Å². The topological polar surface area (TPSA) is 46.6 Å². The van der Waals surface area contributed by atoms with Gasteiger partial charge in [-0.2, -0.15) is 0 Å². The van der Waals surface area contributed by atoms with Gasteiger partial charge in [-0.25, -0.2) is 9.69 Å². The molecule has 1 heterocycles. The zero-order valence-corrected chi connectivity index (χ0v) is 12.7. The van der Waals surface area contributed by atoms with Gasteiger partial charge in [0, 0.05) is 5.41 Å². The van der Waals surface area contributed by atoms with Crippen LogP contribution < -0.4 is 4.90 Å². The molecule has 4 heteroatoms. The Hall–Kier alpha value is -1.84. The monoisotopic (exact) mass is 275 g/mol. The predicted octanol–water partition coefficient (Wildman–Crippen LogP) is 3.54. The number of nitrogens with zero attached hydrogens (tertiary/aromatic N) is 1. The van der Waals surface area contributed by atoms with Crippen molar-refractivity contribution in [3.05, 3.63) is 29.8 Å². The lowest BCUT2D eigenvalue weighted by Gasteiger charge is -2.37. The van der Waals surface area contributed by atoms with E-state index in [1.165, 1.54) is 4.90 Å². The second-order valence-corrected chi connectivity index (χ2v) is 6.81. The lowest BCUT2D eigenvalue weighted by molar-refractivity contribution is -0.126. The van der Waals surface area contributed by atoms with E-state index in [-0.39, 0.29) is 5.91 Å². The third-order valence-corrected chi connectivity index (χ3v) is 3.22. The molecule has 1 aromatic carbocycles. The second-order valence-electron chi connectivity index (χ2n) is 6.81. The fraction of sp³-hybridized carbons (Fsp3) is 0.500. The summed E-state index contributed by atoms with van der Waals surface area (Å²) in [5.74, 6) is -0.217. The summed E-state index contributed by atoms with van der Waals surface area (Å²) in [6.45, 7) is 9.06. The molecule has 1 aliphatic rings. The summed E-state index contributed by atoms with van der Waals surface area (Å²) in [6.07, 6.45) is 0.0177. The van der Waals surface area contributed by atoms with Crippen molar-refractivity contribution in [2.24, 2.45) is 5.41 Å². The Morgan fingerprint density at radius 2 is 1.85 bits per heavy atom. The van der Waals surface area contributed by atoms with Gasteiger partial charge in [-0.3, -0.25) is 4.79 Å². The van der Waals surface area contributed by atoms with Crippen molar-refractivity contribution >= 4 is 17.7 Å². The zero-order valence-electron chi connectivity index (χ0n) is 12.7. The number of hydrogen-bond acceptors (Lipinski definition) is 3. The smallest absolute Gasteiger partial charge is 0.421 e. The van der Waals surface area contributed by atoms with E-state index in [4.69, 9.17) is 4.74 Å². The molecule has 0 spiro atoms. The molecule has 108 valence electrons. The third kappa shape index (κ3) is 2.69. The molecule has 0 saturated carbocycles. The molecule has 0 aliphatic carbocycles. The summed E-state index contributed by atoms with van der Waals surface area (Å²) in [5, 5.41) is 0. The van der Waals surface area contributed by atoms with Gasteiger partial charge < -0.3 is 4.74 Å². The second kappa shape index (κ2) is 4.62. The van der Waals surface area contributed by atoms with E-state index in [1.807, 2.05) is 32.0 Å². The summed E-state index contributed by atoms with van der Waals surface area (Å²) < 4.78 is 5.36. The summed E-state index contributed by atoms with van der Waals surface area (Å²) >= 11 is 0. The van der Waals surface area contributed by atoms with Crippen LogP contribution in [0.1, 0.15) is 40.2 Å². The lowest BCUT2D eigenvalue weighted by Crippen LogP contribution is -2.50. The number of rotatable bonds is 0. The van der Waals surface area contributed by atoms with Crippen LogP contribution in [0.25, 0.3) is 0 Å². The molecule has 0 saturated heterocycles. The number of hydrogen-bond donors (Lipinski definition) is 0. The van der Waals surface area contributed by atoms with Gasteiger partial charge in [-0.15, -0.1) is 0 Å². The molecule has 2 amide bonds. The number of carbonyl (C=O) groups is 2. The van der Waals surface area contributed by atoms with Gasteiger partial charge in [-0.1, -0.05) is 32.0 Å². The number of carbonyl (C=O) groups excluding carboxylic acids is 2. The maximum atomic E-state index is 12.6. The quantitative estimate of drug-likeness (QED) is 0.727. The van der Waals surface area contributed by atoms with Crippen molar-refractivity contribution in [1.82, 2.24) is 0 Å². The average molecular weight is 275 g/mol. The van der Waals surface area contributed by atoms with E-state index in [1.54, 1.807) is 26.8 Å². The minimum absolute atomic E-state index is 0.217. The molecule has 0 radical (unpaired) electrons. The maximum absolute atomic E-state index is 12.6. The van der Waals surface area contributed by atoms with Gasteiger partial charge >= 0.3 is 6.09 Å². The first-order chi connectivity index (χ1) is 9.12. The Labute approximate surface area is 119 Å². The molecular formula is C16H21NO3. The molecule has 0 N–H and O–H groups in total. The number of imide groups is 1. The number of para-hydroxylation sites is 1. The van der Waals surface area contributed by atoms with Gasteiger partial charge in [0.15, 0.2) is 0 Å². The van der Waals surface area contributed by atoms with E-state index >= 15 is 0 Å². The summed E-state index contributed by atoms with van der Waals surface area (Å²) in [5.41, 5.74) is 0.383. The number of benzene rings is 1. The van der Waals surface area contributed by atoms with Crippen molar-refractivity contribution in [2.45, 2.75) is 46.6 Å². The standard InChI is InChI=1S/C16H21NO3/c1-15(2,3)20-14(19)17-12-9-7-6-8-11(12)10-16(4,5)13(17)18/h6-9H,10H2,1-5H3. The van der Waals surface area contributed by atoms with Gasteiger partial charge in [0.2, 0.25) is 5.91 Å². The molecule has 20 heavy (non-hydrogen) atoms. The highest BCUT2D eigenvalue weighted by molar-refractivity contribution is 6.16. The van der Waals surface area contributed by atoms with Crippen molar-refractivity contribution in [3.63, 3.8) is 0 Å². The first-order valence-electron chi connectivity index (χ1n) is 6.77. The highest BCUT2D eigenvalue weighted by Crippen LogP contribution is 2.37. The van der Waals surface area contributed by atoms with Crippen molar-refractivity contribution < 1.29 is 14.3 Å². The molecule has 0 aromatic heterocycles. The van der Waals surface area contributed by atoms with E-state index in [0.717, 1.165) is 5.56 Å². The van der Waals surface area contributed by atoms with Crippen LogP contribution in [0, 0.1) is 5.41 Å². The van der Waals surface area contributed by atoms with Crippen LogP contribution in [0.2, 0.25) is 0 Å². The molecule has 0 bridgehead atoms. The fourth-order valence-electron chi connectivity index (χ4n) is 2.33. The molecule has 0 fully saturated rings. The number of anilines is 1. The molecule has 0 unspecified atom stereocenters. The predicted molar refractivity (Wildman–Crippen MR) is 77.6 cm³/mol. The minimum atomic E-state index is -0.631. The Morgan fingerprint density at radius 1 is 1.25 bits per heavy atom. The summed E-state index contributed by atoms with van der Waals surface area (Å²) in [4.78, 5) is 26.1. The SMILES string of the molecule is CC(C)(C)OC(=O)N1C(=O)C(C)(C)Cc2ccccc21. The van der Waals surface area contributed by atoms with Crippen LogP contribution in [0.15, 0.2) is 24.3 Å². The van der Waals surface area contributed by atoms with Crippen LogP contribution in [0.4, 0.5) is 10.5 Å². The fourth-order valence-corrected chi connectivity index (χ4v) is 2.33. The van der Waals surface area contributed by atoms with Crippen molar-refractivity contribution in [2.75, 3.05) is 4.90 Å². The molecule has 0 atom stereocenters. The van der Waals surface area contributed by atoms with Crippen LogP contribution >= 0.6 is 0 Å². The summed E-state index contributed by atoms with van der Waals surface area (Å²) in [7, 11) is 0. The third-order valence-electron chi connectivity index (χ3n) is 3.22. The first kappa shape index (κ1) is 14.6. The van der Waals surface area contributed by atoms with Crippen LogP contribution in [0.3, 0.4) is 0 Å².